The number of hydrogen-bond donors (Lipinski definition) is 2. The Morgan fingerprint density at radius 1 is 1.32 bits per heavy atom. The number of anilines is 1. The maximum absolute atomic E-state index is 12.1. The summed E-state index contributed by atoms with van der Waals surface area (Å²) in [5.74, 6) is -1.24. The van der Waals surface area contributed by atoms with Crippen LogP contribution in [0.15, 0.2) is 43.5 Å². The Morgan fingerprint density at radius 3 is 2.45 bits per heavy atom. The monoisotopic (exact) mass is 323 g/mol. The van der Waals surface area contributed by atoms with E-state index in [1.54, 1.807) is 18.2 Å². The van der Waals surface area contributed by atoms with E-state index in [0.29, 0.717) is 18.5 Å². The van der Waals surface area contributed by atoms with Gasteiger partial charge < -0.3 is 15.2 Å². The summed E-state index contributed by atoms with van der Waals surface area (Å²) in [6.07, 6.45) is 4.46. The normalized spacial score (nSPS) is 10.1. The van der Waals surface area contributed by atoms with Crippen molar-refractivity contribution >= 4 is 29.2 Å². The number of benzene rings is 1. The van der Waals surface area contributed by atoms with Crippen LogP contribution < -0.4 is 10.1 Å². The summed E-state index contributed by atoms with van der Waals surface area (Å²) in [4.78, 5) is 22.6. The van der Waals surface area contributed by atoms with Crippen LogP contribution in [-0.2, 0) is 9.59 Å². The summed E-state index contributed by atoms with van der Waals surface area (Å²) in [7, 11) is 0. The van der Waals surface area contributed by atoms with Gasteiger partial charge in [-0.15, -0.1) is 13.2 Å². The molecule has 0 aromatic heterocycles. The molecule has 0 unspecified atom stereocenters. The van der Waals surface area contributed by atoms with Gasteiger partial charge in [0.25, 0.3) is 0 Å². The molecule has 0 aliphatic carbocycles. The number of carboxylic acids is 1. The Hall–Kier alpha value is -2.27. The van der Waals surface area contributed by atoms with Crippen molar-refractivity contribution in [1.29, 1.82) is 0 Å². The molecule has 22 heavy (non-hydrogen) atoms. The van der Waals surface area contributed by atoms with E-state index in [-0.39, 0.29) is 22.6 Å². The van der Waals surface area contributed by atoms with E-state index in [1.165, 1.54) is 12.1 Å². The third-order valence-electron chi connectivity index (χ3n) is 2.82. The van der Waals surface area contributed by atoms with Gasteiger partial charge in [-0.05, 0) is 31.0 Å². The van der Waals surface area contributed by atoms with Crippen molar-refractivity contribution in [2.45, 2.75) is 12.8 Å². The van der Waals surface area contributed by atoms with Crippen molar-refractivity contribution in [3.63, 3.8) is 0 Å². The molecule has 0 bridgehead atoms. The molecule has 1 aromatic rings. The first kappa shape index (κ1) is 17.8. The van der Waals surface area contributed by atoms with Gasteiger partial charge in [-0.3, -0.25) is 4.79 Å². The topological polar surface area (TPSA) is 75.6 Å². The first-order valence-electron chi connectivity index (χ1n) is 6.64. The van der Waals surface area contributed by atoms with Crippen LogP contribution in [0, 0.1) is 5.92 Å². The van der Waals surface area contributed by atoms with E-state index in [4.69, 9.17) is 21.4 Å². The second-order valence-corrected chi connectivity index (χ2v) is 4.97. The third-order valence-corrected chi connectivity index (χ3v) is 3.12. The lowest BCUT2D eigenvalue weighted by Crippen LogP contribution is -2.22. The van der Waals surface area contributed by atoms with Crippen LogP contribution >= 0.6 is 11.6 Å². The minimum Gasteiger partial charge on any atom is -0.480 e. The number of aliphatic carboxylic acids is 1. The lowest BCUT2D eigenvalue weighted by molar-refractivity contribution is -0.139. The molecule has 0 aliphatic heterocycles. The predicted octanol–water partition coefficient (Wildman–Crippen LogP) is 3.51. The van der Waals surface area contributed by atoms with Gasteiger partial charge in [0.1, 0.15) is 5.75 Å². The molecule has 0 saturated heterocycles. The molecular weight excluding hydrogens is 306 g/mol. The van der Waals surface area contributed by atoms with Crippen molar-refractivity contribution in [3.8, 4) is 5.75 Å². The summed E-state index contributed by atoms with van der Waals surface area (Å²) in [6.45, 7) is 6.79. The van der Waals surface area contributed by atoms with Gasteiger partial charge in [0.15, 0.2) is 6.61 Å². The molecule has 1 amide bonds. The lowest BCUT2D eigenvalue weighted by atomic mass is 10.0. The summed E-state index contributed by atoms with van der Waals surface area (Å²) in [6, 6.07) is 4.62. The minimum atomic E-state index is -1.09. The molecule has 1 aromatic carbocycles. The van der Waals surface area contributed by atoms with Crippen LogP contribution in [0.1, 0.15) is 12.8 Å². The van der Waals surface area contributed by atoms with Gasteiger partial charge >= 0.3 is 5.97 Å². The van der Waals surface area contributed by atoms with E-state index in [0.717, 1.165) is 0 Å². The molecule has 1 rings (SSSR count). The predicted molar refractivity (Wildman–Crippen MR) is 86.3 cm³/mol. The first-order chi connectivity index (χ1) is 10.5. The Balaban J connectivity index is 2.75. The summed E-state index contributed by atoms with van der Waals surface area (Å²) in [5, 5.41) is 11.5. The Labute approximate surface area is 134 Å². The Bertz CT molecular complexity index is 561. The molecule has 0 spiro atoms. The van der Waals surface area contributed by atoms with E-state index in [9.17, 15) is 9.59 Å². The highest BCUT2D eigenvalue weighted by Crippen LogP contribution is 2.28. The van der Waals surface area contributed by atoms with Gasteiger partial charge in [-0.1, -0.05) is 23.8 Å². The van der Waals surface area contributed by atoms with E-state index in [1.807, 2.05) is 0 Å². The maximum Gasteiger partial charge on any atom is 0.341 e. The highest BCUT2D eigenvalue weighted by molar-refractivity contribution is 6.32. The van der Waals surface area contributed by atoms with E-state index >= 15 is 0 Å². The number of carbonyl (C=O) groups excluding carboxylic acids is 1. The molecule has 118 valence electrons. The zero-order valence-corrected chi connectivity index (χ0v) is 12.8. The van der Waals surface area contributed by atoms with Gasteiger partial charge in [-0.2, -0.15) is 0 Å². The fraction of sp³-hybridized carbons (Fsp3) is 0.250. The number of hydrogen-bond acceptors (Lipinski definition) is 3. The number of carbonyl (C=O) groups is 2. The van der Waals surface area contributed by atoms with Crippen molar-refractivity contribution in [2.75, 3.05) is 11.9 Å². The Morgan fingerprint density at radius 2 is 1.95 bits per heavy atom. The molecule has 6 heteroatoms. The smallest absolute Gasteiger partial charge is 0.341 e. The molecule has 0 saturated carbocycles. The van der Waals surface area contributed by atoms with Crippen LogP contribution in [0.4, 0.5) is 5.69 Å². The molecular formula is C16H18ClNO4. The highest BCUT2D eigenvalue weighted by atomic mass is 35.5. The average Bonchev–Trinajstić information content (AvgIpc) is 2.46. The van der Waals surface area contributed by atoms with E-state index < -0.39 is 12.6 Å². The number of halogens is 1. The Kier molecular flexibility index (Phi) is 7.19. The van der Waals surface area contributed by atoms with E-state index in [2.05, 4.69) is 18.5 Å². The fourth-order valence-corrected chi connectivity index (χ4v) is 2.03. The highest BCUT2D eigenvalue weighted by Gasteiger charge is 2.16. The second-order valence-electron chi connectivity index (χ2n) is 4.56. The molecule has 0 atom stereocenters. The number of amides is 1. The van der Waals surface area contributed by atoms with Gasteiger partial charge in [-0.25, -0.2) is 4.79 Å². The number of ether oxygens (including phenoxy) is 1. The standard InChI is InChI=1S/C16H18ClNO4/c1-3-5-11(6-4-2)16(21)18-12-7-8-14(13(17)9-12)22-10-15(19)20/h3-4,7-9,11H,1-2,5-6,10H2,(H,18,21)(H,19,20). The summed E-state index contributed by atoms with van der Waals surface area (Å²) in [5.41, 5.74) is 0.510. The SMILES string of the molecule is C=CCC(CC=C)C(=O)Nc1ccc(OCC(=O)O)c(Cl)c1. The van der Waals surface area contributed by atoms with Crippen LogP contribution in [-0.4, -0.2) is 23.6 Å². The van der Waals surface area contributed by atoms with Crippen molar-refractivity contribution < 1.29 is 19.4 Å². The molecule has 0 fully saturated rings. The van der Waals surface area contributed by atoms with Crippen LogP contribution in [0.5, 0.6) is 5.75 Å². The average molecular weight is 324 g/mol. The quantitative estimate of drug-likeness (QED) is 0.682. The molecule has 0 radical (unpaired) electrons. The van der Waals surface area contributed by atoms with Crippen molar-refractivity contribution in [1.82, 2.24) is 0 Å². The van der Waals surface area contributed by atoms with Crippen molar-refractivity contribution in [3.05, 3.63) is 48.5 Å². The number of nitrogens with one attached hydrogen (secondary N) is 1. The minimum absolute atomic E-state index is 0.157. The first-order valence-corrected chi connectivity index (χ1v) is 7.02. The molecule has 0 aliphatic rings. The van der Waals surface area contributed by atoms with Gasteiger partial charge in [0, 0.05) is 11.6 Å². The summed E-state index contributed by atoms with van der Waals surface area (Å²) >= 11 is 6.00. The maximum atomic E-state index is 12.1. The molecule has 5 nitrogen and oxygen atoms in total. The van der Waals surface area contributed by atoms with Gasteiger partial charge in [0.2, 0.25) is 5.91 Å². The fourth-order valence-electron chi connectivity index (χ4n) is 1.79. The summed E-state index contributed by atoms with van der Waals surface area (Å²) < 4.78 is 5.01. The number of carboxylic acid groups (broad SMARTS) is 1. The van der Waals surface area contributed by atoms with Gasteiger partial charge in [0.05, 0.1) is 5.02 Å². The molecule has 2 N–H and O–H groups in total. The van der Waals surface area contributed by atoms with Crippen LogP contribution in [0.2, 0.25) is 5.02 Å². The van der Waals surface area contributed by atoms with Crippen molar-refractivity contribution in [2.24, 2.45) is 5.92 Å². The number of allylic oxidation sites excluding steroid dienone is 2. The third kappa shape index (κ3) is 5.61. The zero-order chi connectivity index (χ0) is 16.5. The second kappa shape index (κ2) is 8.89. The van der Waals surface area contributed by atoms with Crippen LogP contribution in [0.3, 0.4) is 0 Å². The largest absolute Gasteiger partial charge is 0.480 e. The zero-order valence-electron chi connectivity index (χ0n) is 12.0. The van der Waals surface area contributed by atoms with Crippen LogP contribution in [0.25, 0.3) is 0 Å². The number of rotatable bonds is 9. The lowest BCUT2D eigenvalue weighted by Gasteiger charge is -2.14. The molecule has 0 heterocycles.